The fourth-order valence-electron chi connectivity index (χ4n) is 1.09. The molecule has 0 saturated carbocycles. The molecule has 0 atom stereocenters. The summed E-state index contributed by atoms with van der Waals surface area (Å²) in [5.74, 6) is 0.298. The molecule has 74 valence electrons. The first kappa shape index (κ1) is 8.98. The molecular formula is C8H5F3N2O. The molecule has 0 N–H and O–H groups in total. The zero-order valence-corrected chi connectivity index (χ0v) is 7.09. The Morgan fingerprint density at radius 1 is 1.36 bits per heavy atom. The van der Waals surface area contributed by atoms with Gasteiger partial charge in [-0.3, -0.25) is 0 Å². The van der Waals surface area contributed by atoms with E-state index in [0.29, 0.717) is 5.89 Å². The summed E-state index contributed by atoms with van der Waals surface area (Å²) in [7, 11) is 0. The van der Waals surface area contributed by atoms with E-state index in [2.05, 4.69) is 9.97 Å². The van der Waals surface area contributed by atoms with E-state index in [-0.39, 0.29) is 11.2 Å². The van der Waals surface area contributed by atoms with E-state index >= 15 is 0 Å². The summed E-state index contributed by atoms with van der Waals surface area (Å²) in [6, 6.07) is 0.916. The average Bonchev–Trinajstić information content (AvgIpc) is 2.41. The second-order valence-corrected chi connectivity index (χ2v) is 2.78. The number of fused-ring (bicyclic) bond motifs is 1. The highest BCUT2D eigenvalue weighted by Crippen LogP contribution is 2.30. The Morgan fingerprint density at radius 2 is 2.07 bits per heavy atom. The van der Waals surface area contributed by atoms with Gasteiger partial charge in [0.1, 0.15) is 5.52 Å². The van der Waals surface area contributed by atoms with Gasteiger partial charge in [0.05, 0.1) is 5.56 Å². The Kier molecular flexibility index (Phi) is 1.73. The molecule has 0 spiro atoms. The average molecular weight is 202 g/mol. The number of aryl methyl sites for hydroxylation is 1. The van der Waals surface area contributed by atoms with Crippen molar-refractivity contribution in [2.45, 2.75) is 13.1 Å². The van der Waals surface area contributed by atoms with E-state index in [9.17, 15) is 13.2 Å². The van der Waals surface area contributed by atoms with Gasteiger partial charge in [0, 0.05) is 13.1 Å². The molecule has 0 amide bonds. The maximum atomic E-state index is 12.2. The van der Waals surface area contributed by atoms with Gasteiger partial charge in [-0.15, -0.1) is 0 Å². The third-order valence-corrected chi connectivity index (χ3v) is 1.68. The summed E-state index contributed by atoms with van der Waals surface area (Å²) in [6.07, 6.45) is -3.67. The Balaban J connectivity index is 2.62. The second kappa shape index (κ2) is 2.70. The van der Waals surface area contributed by atoms with Crippen molar-refractivity contribution in [1.82, 2.24) is 9.97 Å². The summed E-state index contributed by atoms with van der Waals surface area (Å²) in [4.78, 5) is 7.28. The summed E-state index contributed by atoms with van der Waals surface area (Å²) < 4.78 is 41.6. The molecule has 0 bridgehead atoms. The molecule has 0 aliphatic heterocycles. The van der Waals surface area contributed by atoms with Crippen molar-refractivity contribution < 1.29 is 17.6 Å². The van der Waals surface area contributed by atoms with Crippen LogP contribution in [0.15, 0.2) is 16.7 Å². The van der Waals surface area contributed by atoms with Crippen molar-refractivity contribution >= 4 is 11.2 Å². The van der Waals surface area contributed by atoms with Crippen LogP contribution in [0.2, 0.25) is 0 Å². The van der Waals surface area contributed by atoms with Crippen LogP contribution in [0.25, 0.3) is 11.2 Å². The van der Waals surface area contributed by atoms with Gasteiger partial charge in [0.15, 0.2) is 5.89 Å². The molecule has 0 saturated heterocycles. The number of hydrogen-bond acceptors (Lipinski definition) is 3. The largest absolute Gasteiger partial charge is 0.423 e. The molecule has 0 fully saturated rings. The van der Waals surface area contributed by atoms with Crippen LogP contribution < -0.4 is 0 Å². The highest BCUT2D eigenvalue weighted by molar-refractivity contribution is 5.68. The minimum Gasteiger partial charge on any atom is -0.423 e. The number of alkyl halides is 3. The molecule has 3 nitrogen and oxygen atoms in total. The van der Waals surface area contributed by atoms with Crippen LogP contribution in [-0.4, -0.2) is 9.97 Å². The van der Waals surface area contributed by atoms with Gasteiger partial charge < -0.3 is 4.42 Å². The van der Waals surface area contributed by atoms with Crippen LogP contribution in [-0.2, 0) is 6.18 Å². The number of hydrogen-bond donors (Lipinski definition) is 0. The van der Waals surface area contributed by atoms with Crippen molar-refractivity contribution in [3.05, 3.63) is 23.7 Å². The Bertz CT molecular complexity index is 475. The van der Waals surface area contributed by atoms with Crippen LogP contribution in [0.4, 0.5) is 13.2 Å². The Hall–Kier alpha value is -1.59. The van der Waals surface area contributed by atoms with Crippen molar-refractivity contribution in [1.29, 1.82) is 0 Å². The van der Waals surface area contributed by atoms with Crippen molar-refractivity contribution in [3.63, 3.8) is 0 Å². The first-order valence-corrected chi connectivity index (χ1v) is 3.77. The zero-order chi connectivity index (χ0) is 10.3. The fourth-order valence-corrected chi connectivity index (χ4v) is 1.09. The Morgan fingerprint density at radius 3 is 2.71 bits per heavy atom. The lowest BCUT2D eigenvalue weighted by atomic mass is 10.3. The van der Waals surface area contributed by atoms with Gasteiger partial charge in [0.25, 0.3) is 0 Å². The van der Waals surface area contributed by atoms with E-state index in [1.165, 1.54) is 0 Å². The SMILES string of the molecule is Cc1nc2cc(C(F)(F)F)cnc2o1. The highest BCUT2D eigenvalue weighted by atomic mass is 19.4. The number of oxazole rings is 1. The summed E-state index contributed by atoms with van der Waals surface area (Å²) in [5.41, 5.74) is -0.578. The lowest BCUT2D eigenvalue weighted by Crippen LogP contribution is -2.04. The van der Waals surface area contributed by atoms with Crippen molar-refractivity contribution in [3.8, 4) is 0 Å². The van der Waals surface area contributed by atoms with E-state index in [0.717, 1.165) is 12.3 Å². The van der Waals surface area contributed by atoms with Crippen LogP contribution >= 0.6 is 0 Å². The third kappa shape index (κ3) is 1.43. The monoisotopic (exact) mass is 202 g/mol. The Labute approximate surface area is 76.6 Å². The second-order valence-electron chi connectivity index (χ2n) is 2.78. The number of nitrogens with zero attached hydrogens (tertiary/aromatic N) is 2. The molecule has 14 heavy (non-hydrogen) atoms. The van der Waals surface area contributed by atoms with E-state index < -0.39 is 11.7 Å². The quantitative estimate of drug-likeness (QED) is 0.658. The van der Waals surface area contributed by atoms with Crippen LogP contribution in [0.3, 0.4) is 0 Å². The zero-order valence-electron chi connectivity index (χ0n) is 7.09. The summed E-state index contributed by atoms with van der Waals surface area (Å²) in [6.45, 7) is 1.55. The maximum Gasteiger partial charge on any atom is 0.417 e. The number of rotatable bonds is 0. The molecule has 0 radical (unpaired) electrons. The van der Waals surface area contributed by atoms with E-state index in [4.69, 9.17) is 4.42 Å². The first-order chi connectivity index (χ1) is 6.47. The van der Waals surface area contributed by atoms with E-state index in [1.54, 1.807) is 6.92 Å². The van der Waals surface area contributed by atoms with Gasteiger partial charge in [-0.1, -0.05) is 0 Å². The molecule has 0 unspecified atom stereocenters. The molecule has 6 heteroatoms. The third-order valence-electron chi connectivity index (χ3n) is 1.68. The van der Waals surface area contributed by atoms with Crippen LogP contribution in [0, 0.1) is 6.92 Å². The van der Waals surface area contributed by atoms with Crippen LogP contribution in [0.5, 0.6) is 0 Å². The molecule has 0 aliphatic rings. The minimum absolute atomic E-state index is 0.121. The van der Waals surface area contributed by atoms with E-state index in [1.807, 2.05) is 0 Å². The smallest absolute Gasteiger partial charge is 0.417 e. The minimum atomic E-state index is -4.39. The molecule has 2 aromatic heterocycles. The molecule has 2 heterocycles. The first-order valence-electron chi connectivity index (χ1n) is 3.77. The standard InChI is InChI=1S/C8H5F3N2O/c1-4-13-6-2-5(8(9,10)11)3-12-7(6)14-4/h2-3H,1H3. The summed E-state index contributed by atoms with van der Waals surface area (Å²) >= 11 is 0. The molecule has 2 aromatic rings. The number of pyridine rings is 1. The maximum absolute atomic E-state index is 12.2. The van der Waals surface area contributed by atoms with Crippen molar-refractivity contribution in [2.24, 2.45) is 0 Å². The summed E-state index contributed by atoms with van der Waals surface area (Å²) in [5, 5.41) is 0. The van der Waals surface area contributed by atoms with Gasteiger partial charge in [-0.25, -0.2) is 9.97 Å². The van der Waals surface area contributed by atoms with Gasteiger partial charge >= 0.3 is 6.18 Å². The molecule has 2 rings (SSSR count). The topological polar surface area (TPSA) is 38.9 Å². The van der Waals surface area contributed by atoms with Crippen LogP contribution in [0.1, 0.15) is 11.5 Å². The lowest BCUT2D eigenvalue weighted by Gasteiger charge is -2.03. The fraction of sp³-hybridized carbons (Fsp3) is 0.250. The van der Waals surface area contributed by atoms with Gasteiger partial charge in [-0.2, -0.15) is 13.2 Å². The van der Waals surface area contributed by atoms with Crippen molar-refractivity contribution in [2.75, 3.05) is 0 Å². The molecule has 0 aromatic carbocycles. The molecule has 0 aliphatic carbocycles. The lowest BCUT2D eigenvalue weighted by molar-refractivity contribution is -0.137. The normalized spacial score (nSPS) is 12.3. The predicted molar refractivity (Wildman–Crippen MR) is 41.5 cm³/mol. The van der Waals surface area contributed by atoms with Gasteiger partial charge in [0.2, 0.25) is 5.71 Å². The molecular weight excluding hydrogens is 197 g/mol. The van der Waals surface area contributed by atoms with Gasteiger partial charge in [-0.05, 0) is 6.07 Å². The number of halogens is 3. The predicted octanol–water partition coefficient (Wildman–Crippen LogP) is 2.55. The highest BCUT2D eigenvalue weighted by Gasteiger charge is 2.31. The number of aromatic nitrogens is 2.